The van der Waals surface area contributed by atoms with Crippen LogP contribution in [0, 0.1) is 6.92 Å². The second-order valence-electron chi connectivity index (χ2n) is 7.51. The molecular weight excluding hydrogens is 258 g/mol. The van der Waals surface area contributed by atoms with Gasteiger partial charge in [-0.3, -0.25) is 0 Å². The van der Waals surface area contributed by atoms with Crippen LogP contribution in [0.25, 0.3) is 0 Å². The highest BCUT2D eigenvalue weighted by Gasteiger charge is 2.19. The molecule has 0 amide bonds. The lowest BCUT2D eigenvalue weighted by atomic mass is 9.86. The molecule has 0 aliphatic carbocycles. The number of benzene rings is 1. The normalized spacial score (nSPS) is 16.4. The van der Waals surface area contributed by atoms with Crippen molar-refractivity contribution in [3.05, 3.63) is 29.3 Å². The van der Waals surface area contributed by atoms with E-state index in [0.29, 0.717) is 0 Å². The maximum Gasteiger partial charge on any atom is 0.123 e. The van der Waals surface area contributed by atoms with E-state index in [-0.39, 0.29) is 5.41 Å². The minimum Gasteiger partial charge on any atom is -0.493 e. The quantitative estimate of drug-likeness (QED) is 0.795. The fourth-order valence-electron chi connectivity index (χ4n) is 3.15. The Bertz CT molecular complexity index is 441. The van der Waals surface area contributed by atoms with Gasteiger partial charge in [0, 0.05) is 12.8 Å². The molecule has 1 saturated heterocycles. The number of ether oxygens (including phenoxy) is 1. The summed E-state index contributed by atoms with van der Waals surface area (Å²) in [6, 6.07) is 6.59. The average Bonchev–Trinajstić information content (AvgIpc) is 2.90. The van der Waals surface area contributed by atoms with Crippen LogP contribution in [-0.4, -0.2) is 26.2 Å². The van der Waals surface area contributed by atoms with Gasteiger partial charge in [-0.1, -0.05) is 32.9 Å². The van der Waals surface area contributed by atoms with E-state index in [1.165, 1.54) is 56.4 Å². The van der Waals surface area contributed by atoms with Crippen LogP contribution in [0.2, 0.25) is 0 Å². The minimum absolute atomic E-state index is 0.142. The number of likely N-dealkylation sites (tertiary alicyclic amines) is 1. The zero-order valence-corrected chi connectivity index (χ0v) is 14.3. The molecule has 1 heterocycles. The van der Waals surface area contributed by atoms with Crippen LogP contribution in [0.3, 0.4) is 0 Å². The van der Waals surface area contributed by atoms with E-state index < -0.39 is 0 Å². The summed E-state index contributed by atoms with van der Waals surface area (Å²) in [6.45, 7) is 13.8. The van der Waals surface area contributed by atoms with Crippen LogP contribution in [0.1, 0.15) is 57.6 Å². The van der Waals surface area contributed by atoms with Crippen LogP contribution in [-0.2, 0) is 5.41 Å². The summed E-state index contributed by atoms with van der Waals surface area (Å²) in [5.74, 6) is 1.08. The van der Waals surface area contributed by atoms with Gasteiger partial charge in [-0.15, -0.1) is 0 Å². The van der Waals surface area contributed by atoms with Crippen molar-refractivity contribution in [1.82, 2.24) is 0 Å². The highest BCUT2D eigenvalue weighted by Crippen LogP contribution is 2.32. The van der Waals surface area contributed by atoms with Gasteiger partial charge in [-0.25, -0.2) is 0 Å². The third kappa shape index (κ3) is 5.03. The first-order valence-corrected chi connectivity index (χ1v) is 8.54. The summed E-state index contributed by atoms with van der Waals surface area (Å²) >= 11 is 0. The molecule has 2 rings (SSSR count). The molecule has 1 aliphatic rings. The highest BCUT2D eigenvalue weighted by molar-refractivity contribution is 5.41. The standard InChI is InChI=1S/C19H31NO/c1-16-9-10-17(19(2,3)4)18(15-16)21-14-8-7-13-20-11-5-6-12-20/h9-10,15H,5-8,11-14H2,1-4H3/p+1. The molecule has 21 heavy (non-hydrogen) atoms. The third-order valence-electron chi connectivity index (χ3n) is 4.44. The van der Waals surface area contributed by atoms with Gasteiger partial charge in [0.15, 0.2) is 0 Å². The Balaban J connectivity index is 1.80. The molecule has 0 spiro atoms. The van der Waals surface area contributed by atoms with E-state index in [1.807, 2.05) is 0 Å². The van der Waals surface area contributed by atoms with E-state index >= 15 is 0 Å². The maximum atomic E-state index is 6.10. The van der Waals surface area contributed by atoms with Crippen molar-refractivity contribution in [1.29, 1.82) is 0 Å². The Morgan fingerprint density at radius 3 is 2.48 bits per heavy atom. The lowest BCUT2D eigenvalue weighted by Gasteiger charge is -2.23. The largest absolute Gasteiger partial charge is 0.493 e. The Morgan fingerprint density at radius 1 is 1.10 bits per heavy atom. The molecular formula is C19H32NO+. The van der Waals surface area contributed by atoms with Crippen molar-refractivity contribution >= 4 is 0 Å². The predicted octanol–water partition coefficient (Wildman–Crippen LogP) is 3.13. The minimum atomic E-state index is 0.142. The molecule has 0 aromatic heterocycles. The molecule has 1 N–H and O–H groups in total. The molecule has 118 valence electrons. The number of aryl methyl sites for hydroxylation is 1. The first-order valence-electron chi connectivity index (χ1n) is 8.54. The zero-order valence-electron chi connectivity index (χ0n) is 14.3. The number of unbranched alkanes of at least 4 members (excludes halogenated alkanes) is 1. The van der Waals surface area contributed by atoms with Crippen molar-refractivity contribution in [2.45, 2.75) is 58.8 Å². The number of nitrogens with one attached hydrogen (secondary N) is 1. The summed E-state index contributed by atoms with van der Waals surface area (Å²) in [4.78, 5) is 1.79. The summed E-state index contributed by atoms with van der Waals surface area (Å²) in [5.41, 5.74) is 2.74. The fraction of sp³-hybridized carbons (Fsp3) is 0.684. The van der Waals surface area contributed by atoms with E-state index in [9.17, 15) is 0 Å². The Labute approximate surface area is 130 Å². The molecule has 0 saturated carbocycles. The van der Waals surface area contributed by atoms with Crippen LogP contribution in [0.4, 0.5) is 0 Å². The molecule has 1 aromatic rings. The van der Waals surface area contributed by atoms with Crippen LogP contribution < -0.4 is 9.64 Å². The second kappa shape index (κ2) is 7.31. The molecule has 1 fully saturated rings. The monoisotopic (exact) mass is 290 g/mol. The van der Waals surface area contributed by atoms with E-state index in [2.05, 4.69) is 45.9 Å². The Kier molecular flexibility index (Phi) is 5.69. The van der Waals surface area contributed by atoms with Crippen molar-refractivity contribution in [2.75, 3.05) is 26.2 Å². The van der Waals surface area contributed by atoms with Gasteiger partial charge in [-0.2, -0.15) is 0 Å². The molecule has 2 heteroatoms. The molecule has 1 aromatic carbocycles. The second-order valence-corrected chi connectivity index (χ2v) is 7.51. The van der Waals surface area contributed by atoms with Gasteiger partial charge in [0.25, 0.3) is 0 Å². The predicted molar refractivity (Wildman–Crippen MR) is 89.4 cm³/mol. The summed E-state index contributed by atoms with van der Waals surface area (Å²) in [6.07, 6.45) is 5.29. The SMILES string of the molecule is Cc1ccc(C(C)(C)C)c(OCCCC[NH+]2CCCC2)c1. The van der Waals surface area contributed by atoms with Gasteiger partial charge in [0.2, 0.25) is 0 Å². The third-order valence-corrected chi connectivity index (χ3v) is 4.44. The zero-order chi connectivity index (χ0) is 15.3. The number of quaternary nitrogens is 1. The van der Waals surface area contributed by atoms with Gasteiger partial charge in [0.05, 0.1) is 26.2 Å². The van der Waals surface area contributed by atoms with Crippen LogP contribution in [0.5, 0.6) is 5.75 Å². The lowest BCUT2D eigenvalue weighted by Crippen LogP contribution is -3.09. The van der Waals surface area contributed by atoms with E-state index in [0.717, 1.165) is 12.4 Å². The van der Waals surface area contributed by atoms with Gasteiger partial charge >= 0.3 is 0 Å². The molecule has 1 aliphatic heterocycles. The summed E-state index contributed by atoms with van der Waals surface area (Å²) in [7, 11) is 0. The van der Waals surface area contributed by atoms with Gasteiger partial charge < -0.3 is 9.64 Å². The number of rotatable bonds is 6. The summed E-state index contributed by atoms with van der Waals surface area (Å²) in [5, 5.41) is 0. The van der Waals surface area contributed by atoms with Crippen LogP contribution in [0.15, 0.2) is 18.2 Å². The molecule has 0 atom stereocenters. The van der Waals surface area contributed by atoms with Gasteiger partial charge in [-0.05, 0) is 42.4 Å². The lowest BCUT2D eigenvalue weighted by molar-refractivity contribution is -0.887. The molecule has 0 unspecified atom stereocenters. The van der Waals surface area contributed by atoms with Gasteiger partial charge in [0.1, 0.15) is 5.75 Å². The van der Waals surface area contributed by atoms with Crippen molar-refractivity contribution < 1.29 is 9.64 Å². The Morgan fingerprint density at radius 2 is 1.81 bits per heavy atom. The molecule has 0 bridgehead atoms. The first kappa shape index (κ1) is 16.4. The van der Waals surface area contributed by atoms with E-state index in [4.69, 9.17) is 4.74 Å². The molecule has 2 nitrogen and oxygen atoms in total. The Hall–Kier alpha value is -1.02. The fourth-order valence-corrected chi connectivity index (χ4v) is 3.15. The average molecular weight is 290 g/mol. The van der Waals surface area contributed by atoms with Crippen molar-refractivity contribution in [3.8, 4) is 5.75 Å². The smallest absolute Gasteiger partial charge is 0.123 e. The first-order chi connectivity index (χ1) is 9.97. The number of hydrogen-bond acceptors (Lipinski definition) is 1. The summed E-state index contributed by atoms with van der Waals surface area (Å²) < 4.78 is 6.10. The maximum absolute atomic E-state index is 6.10. The highest BCUT2D eigenvalue weighted by atomic mass is 16.5. The molecule has 0 radical (unpaired) electrons. The number of hydrogen-bond donors (Lipinski definition) is 1. The topological polar surface area (TPSA) is 13.7 Å². The van der Waals surface area contributed by atoms with Crippen molar-refractivity contribution in [2.24, 2.45) is 0 Å². The van der Waals surface area contributed by atoms with E-state index in [1.54, 1.807) is 4.90 Å². The van der Waals surface area contributed by atoms with Crippen molar-refractivity contribution in [3.63, 3.8) is 0 Å². The van der Waals surface area contributed by atoms with Crippen LogP contribution >= 0.6 is 0 Å².